The largest absolute Gasteiger partial charge is 0.373 e. The number of anilines is 1. The average molecular weight is 312 g/mol. The summed E-state index contributed by atoms with van der Waals surface area (Å²) in [7, 11) is 0. The molecule has 1 aromatic heterocycles. The van der Waals surface area contributed by atoms with E-state index in [4.69, 9.17) is 10.5 Å². The van der Waals surface area contributed by atoms with Gasteiger partial charge in [-0.15, -0.1) is 11.3 Å². The van der Waals surface area contributed by atoms with E-state index in [9.17, 15) is 4.79 Å². The van der Waals surface area contributed by atoms with Crippen LogP contribution >= 0.6 is 11.3 Å². The smallest absolute Gasteiger partial charge is 0.245 e. The molecule has 2 rings (SSSR count). The molecule has 1 amide bonds. The van der Waals surface area contributed by atoms with Crippen molar-refractivity contribution < 1.29 is 9.53 Å². The number of hydrogen-bond donors (Lipinski definition) is 2. The number of nitrogens with one attached hydrogen (secondary N) is 1. The average Bonchev–Trinajstić information content (AvgIpc) is 2.73. The Morgan fingerprint density at radius 1 is 1.52 bits per heavy atom. The van der Waals surface area contributed by atoms with Crippen LogP contribution in [0.15, 0.2) is 5.38 Å². The quantitative estimate of drug-likeness (QED) is 0.879. The number of nitrogens with two attached hydrogens (primary N) is 1. The topological polar surface area (TPSA) is 80.5 Å². The van der Waals surface area contributed by atoms with E-state index in [1.807, 2.05) is 5.38 Å². The highest BCUT2D eigenvalue weighted by Crippen LogP contribution is 2.20. The number of carbonyl (C=O) groups is 1. The van der Waals surface area contributed by atoms with Crippen molar-refractivity contribution in [1.82, 2.24) is 9.88 Å². The van der Waals surface area contributed by atoms with Gasteiger partial charge in [0.1, 0.15) is 0 Å². The third-order valence-corrected chi connectivity index (χ3v) is 4.04. The van der Waals surface area contributed by atoms with E-state index >= 15 is 0 Å². The number of amides is 1. The van der Waals surface area contributed by atoms with E-state index in [2.05, 4.69) is 29.0 Å². The molecule has 2 heterocycles. The van der Waals surface area contributed by atoms with Crippen LogP contribution in [0.4, 0.5) is 5.13 Å². The molecule has 118 valence electrons. The van der Waals surface area contributed by atoms with Crippen LogP contribution in [0, 0.1) is 0 Å². The van der Waals surface area contributed by atoms with Crippen LogP contribution in [0.1, 0.15) is 33.4 Å². The van der Waals surface area contributed by atoms with Gasteiger partial charge >= 0.3 is 0 Å². The first kappa shape index (κ1) is 16.4. The fourth-order valence-electron chi connectivity index (χ4n) is 2.34. The second-order valence-corrected chi connectivity index (χ2v) is 7.13. The van der Waals surface area contributed by atoms with Crippen LogP contribution in [0.5, 0.6) is 0 Å². The van der Waals surface area contributed by atoms with E-state index in [1.165, 1.54) is 11.3 Å². The zero-order valence-corrected chi connectivity index (χ0v) is 13.9. The van der Waals surface area contributed by atoms with Crippen molar-refractivity contribution in [3.63, 3.8) is 0 Å². The summed E-state index contributed by atoms with van der Waals surface area (Å²) in [6, 6.07) is 0. The number of thiazole rings is 1. The van der Waals surface area contributed by atoms with Gasteiger partial charge in [0.15, 0.2) is 5.13 Å². The molecule has 0 aliphatic carbocycles. The van der Waals surface area contributed by atoms with Crippen LogP contribution < -0.4 is 11.1 Å². The van der Waals surface area contributed by atoms with Crippen LogP contribution in [0.3, 0.4) is 0 Å². The molecule has 0 saturated carbocycles. The Bertz CT molecular complexity index is 487. The summed E-state index contributed by atoms with van der Waals surface area (Å²) < 4.78 is 5.72. The molecule has 2 atom stereocenters. The second kappa shape index (κ2) is 6.39. The Labute approximate surface area is 129 Å². The number of morpholine rings is 1. The normalized spacial score (nSPS) is 24.0. The van der Waals surface area contributed by atoms with Gasteiger partial charge in [0, 0.05) is 25.0 Å². The van der Waals surface area contributed by atoms with Gasteiger partial charge in [0.25, 0.3) is 0 Å². The van der Waals surface area contributed by atoms with Gasteiger partial charge in [0.2, 0.25) is 5.91 Å². The lowest BCUT2D eigenvalue weighted by Crippen LogP contribution is -2.45. The minimum atomic E-state index is -0.902. The lowest BCUT2D eigenvalue weighted by Gasteiger charge is -2.34. The molecule has 1 aliphatic heterocycles. The molecule has 3 N–H and O–H groups in total. The molecule has 1 fully saturated rings. The Morgan fingerprint density at radius 3 is 2.71 bits per heavy atom. The minimum Gasteiger partial charge on any atom is -0.373 e. The summed E-state index contributed by atoms with van der Waals surface area (Å²) in [6.07, 6.45) is 0.481. The maximum Gasteiger partial charge on any atom is 0.245 e. The molecule has 0 spiro atoms. The monoisotopic (exact) mass is 312 g/mol. The second-order valence-electron chi connectivity index (χ2n) is 6.27. The van der Waals surface area contributed by atoms with E-state index < -0.39 is 5.54 Å². The van der Waals surface area contributed by atoms with Crippen molar-refractivity contribution in [2.24, 2.45) is 5.73 Å². The predicted octanol–water partition coefficient (Wildman–Crippen LogP) is 1.43. The summed E-state index contributed by atoms with van der Waals surface area (Å²) in [5.41, 5.74) is 5.82. The Kier molecular flexibility index (Phi) is 4.98. The van der Waals surface area contributed by atoms with Crippen LogP contribution in [0.25, 0.3) is 0 Å². The van der Waals surface area contributed by atoms with Crippen molar-refractivity contribution in [2.45, 2.75) is 52.0 Å². The molecular formula is C14H24N4O2S. The summed E-state index contributed by atoms with van der Waals surface area (Å²) in [5, 5.41) is 5.33. The molecule has 6 nitrogen and oxygen atoms in total. The zero-order chi connectivity index (χ0) is 15.6. The highest BCUT2D eigenvalue weighted by molar-refractivity contribution is 7.13. The van der Waals surface area contributed by atoms with Crippen LogP contribution in [-0.4, -0.2) is 46.6 Å². The maximum absolute atomic E-state index is 11.8. The van der Waals surface area contributed by atoms with Gasteiger partial charge in [-0.25, -0.2) is 4.98 Å². The molecule has 1 aromatic rings. The van der Waals surface area contributed by atoms with Gasteiger partial charge < -0.3 is 15.8 Å². The van der Waals surface area contributed by atoms with Crippen LogP contribution in [-0.2, 0) is 16.1 Å². The number of aromatic nitrogens is 1. The first-order valence-electron chi connectivity index (χ1n) is 7.16. The highest BCUT2D eigenvalue weighted by atomic mass is 32.1. The summed E-state index contributed by atoms with van der Waals surface area (Å²) in [5.74, 6) is -0.225. The number of nitrogens with zero attached hydrogens (tertiary/aromatic N) is 2. The molecule has 21 heavy (non-hydrogen) atoms. The van der Waals surface area contributed by atoms with Crippen molar-refractivity contribution in [3.8, 4) is 0 Å². The first-order valence-corrected chi connectivity index (χ1v) is 8.04. The van der Waals surface area contributed by atoms with E-state index in [-0.39, 0.29) is 18.1 Å². The first-order chi connectivity index (χ1) is 9.74. The minimum absolute atomic E-state index is 0.225. The standard InChI is InChI=1S/C14H24N4O2S/c1-9-5-18(6-10(2)20-9)7-11-8-21-13(16-11)17-12(19)14(3,4)15/h8-10H,5-7,15H2,1-4H3,(H,16,17,19). The Morgan fingerprint density at radius 2 is 2.14 bits per heavy atom. The van der Waals surface area contributed by atoms with Gasteiger partial charge in [0.05, 0.1) is 23.4 Å². The molecule has 0 bridgehead atoms. The lowest BCUT2D eigenvalue weighted by molar-refractivity contribution is -0.120. The van der Waals surface area contributed by atoms with Gasteiger partial charge in [-0.05, 0) is 27.7 Å². The molecule has 1 aliphatic rings. The van der Waals surface area contributed by atoms with Crippen molar-refractivity contribution in [2.75, 3.05) is 18.4 Å². The Hall–Kier alpha value is -1.02. The molecule has 2 unspecified atom stereocenters. The summed E-state index contributed by atoms with van der Waals surface area (Å²) >= 11 is 1.43. The fourth-order valence-corrected chi connectivity index (χ4v) is 3.03. The number of hydrogen-bond acceptors (Lipinski definition) is 6. The lowest BCUT2D eigenvalue weighted by atomic mass is 10.1. The third-order valence-electron chi connectivity index (χ3n) is 3.24. The van der Waals surface area contributed by atoms with Gasteiger partial charge in [-0.1, -0.05) is 0 Å². The maximum atomic E-state index is 11.8. The molecule has 0 aromatic carbocycles. The SMILES string of the molecule is CC1CN(Cc2csc(NC(=O)C(C)(C)N)n2)CC(C)O1. The third kappa shape index (κ3) is 4.74. The predicted molar refractivity (Wildman–Crippen MR) is 84.3 cm³/mol. The van der Waals surface area contributed by atoms with Crippen molar-refractivity contribution >= 4 is 22.4 Å². The summed E-state index contributed by atoms with van der Waals surface area (Å²) in [4.78, 5) is 18.6. The Balaban J connectivity index is 1.93. The number of rotatable bonds is 4. The van der Waals surface area contributed by atoms with Gasteiger partial charge in [-0.3, -0.25) is 9.69 Å². The van der Waals surface area contributed by atoms with Gasteiger partial charge in [-0.2, -0.15) is 0 Å². The number of ether oxygens (including phenoxy) is 1. The van der Waals surface area contributed by atoms with Crippen molar-refractivity contribution in [1.29, 1.82) is 0 Å². The van der Waals surface area contributed by atoms with Crippen molar-refractivity contribution in [3.05, 3.63) is 11.1 Å². The molecule has 7 heteroatoms. The van der Waals surface area contributed by atoms with Crippen LogP contribution in [0.2, 0.25) is 0 Å². The highest BCUT2D eigenvalue weighted by Gasteiger charge is 2.24. The summed E-state index contributed by atoms with van der Waals surface area (Å²) in [6.45, 7) is 10.1. The molecule has 1 saturated heterocycles. The van der Waals surface area contributed by atoms with E-state index in [1.54, 1.807) is 13.8 Å². The fraction of sp³-hybridized carbons (Fsp3) is 0.714. The van der Waals surface area contributed by atoms with E-state index in [0.717, 1.165) is 25.3 Å². The van der Waals surface area contributed by atoms with E-state index in [0.29, 0.717) is 5.13 Å². The molecule has 0 radical (unpaired) electrons. The number of carbonyl (C=O) groups excluding carboxylic acids is 1. The molecular weight excluding hydrogens is 288 g/mol. The zero-order valence-electron chi connectivity index (χ0n) is 13.0.